The maximum atomic E-state index is 13.2. The van der Waals surface area contributed by atoms with E-state index in [1.807, 2.05) is 6.07 Å². The van der Waals surface area contributed by atoms with Gasteiger partial charge in [-0.1, -0.05) is 30.0 Å². The minimum atomic E-state index is -3.92. The summed E-state index contributed by atoms with van der Waals surface area (Å²) in [6.45, 7) is 0. The molecule has 0 atom stereocenters. The van der Waals surface area contributed by atoms with Gasteiger partial charge in [-0.3, -0.25) is 14.7 Å². The van der Waals surface area contributed by atoms with Gasteiger partial charge in [-0.15, -0.1) is 0 Å². The van der Waals surface area contributed by atoms with Gasteiger partial charge in [0, 0.05) is 35.1 Å². The van der Waals surface area contributed by atoms with Gasteiger partial charge in [0.2, 0.25) is 0 Å². The molecule has 2 aromatic carbocycles. The number of aromatic nitrogens is 2. The van der Waals surface area contributed by atoms with Crippen LogP contribution in [-0.4, -0.2) is 25.5 Å². The number of rotatable bonds is 4. The summed E-state index contributed by atoms with van der Waals surface area (Å²) in [5.74, 6) is 6.56. The predicted octanol–water partition coefficient (Wildman–Crippen LogP) is 3.84. The van der Waals surface area contributed by atoms with Crippen molar-refractivity contribution < 1.29 is 13.2 Å². The number of fused-ring (bicyclic) bond motifs is 1. The Kier molecular flexibility index (Phi) is 5.33. The van der Waals surface area contributed by atoms with Crippen LogP contribution < -0.4 is 9.46 Å². The molecule has 0 aliphatic carbocycles. The van der Waals surface area contributed by atoms with Crippen molar-refractivity contribution >= 4 is 26.6 Å². The highest BCUT2D eigenvalue weighted by molar-refractivity contribution is 7.93. The smallest absolute Gasteiger partial charge is 0.264 e. The lowest BCUT2D eigenvalue weighted by Gasteiger charge is -2.12. The predicted molar refractivity (Wildman–Crippen MR) is 116 cm³/mol. The molecule has 2 aromatic heterocycles. The Labute approximate surface area is 174 Å². The summed E-state index contributed by atoms with van der Waals surface area (Å²) in [5, 5.41) is 0.618. The van der Waals surface area contributed by atoms with Crippen LogP contribution in [0.2, 0.25) is 0 Å². The molecule has 0 saturated carbocycles. The van der Waals surface area contributed by atoms with E-state index in [-0.39, 0.29) is 4.90 Å². The van der Waals surface area contributed by atoms with Gasteiger partial charge in [0.15, 0.2) is 0 Å². The third-order valence-electron chi connectivity index (χ3n) is 4.38. The minimum Gasteiger partial charge on any atom is -0.496 e. The lowest BCUT2D eigenvalue weighted by Crippen LogP contribution is -2.14. The Hall–Kier alpha value is -3.89. The van der Waals surface area contributed by atoms with Gasteiger partial charge in [-0.05, 0) is 42.5 Å². The van der Waals surface area contributed by atoms with Gasteiger partial charge >= 0.3 is 0 Å². The van der Waals surface area contributed by atoms with Crippen LogP contribution in [0.3, 0.4) is 0 Å². The third-order valence-corrected chi connectivity index (χ3v) is 5.77. The summed E-state index contributed by atoms with van der Waals surface area (Å²) in [5.41, 5.74) is 2.01. The fourth-order valence-electron chi connectivity index (χ4n) is 2.98. The van der Waals surface area contributed by atoms with Gasteiger partial charge in [-0.25, -0.2) is 8.42 Å². The van der Waals surface area contributed by atoms with Gasteiger partial charge in [0.25, 0.3) is 10.0 Å². The second-order valence-electron chi connectivity index (χ2n) is 6.31. The molecule has 1 N–H and O–H groups in total. The average Bonchev–Trinajstić information content (AvgIpc) is 2.78. The number of nitrogens with zero attached hydrogens (tertiary/aromatic N) is 2. The fraction of sp³-hybridized carbons (Fsp3) is 0.0435. The lowest BCUT2D eigenvalue weighted by atomic mass is 10.2. The third kappa shape index (κ3) is 3.95. The summed E-state index contributed by atoms with van der Waals surface area (Å²) in [6, 6.07) is 17.2. The molecule has 7 heteroatoms. The molecule has 148 valence electrons. The number of nitrogens with one attached hydrogen (secondary N) is 1. The molecular weight excluding hydrogens is 398 g/mol. The molecule has 0 spiro atoms. The number of anilines is 1. The van der Waals surface area contributed by atoms with Crippen molar-refractivity contribution in [2.24, 2.45) is 0 Å². The number of ether oxygens (including phenoxy) is 1. The quantitative estimate of drug-likeness (QED) is 0.512. The van der Waals surface area contributed by atoms with Crippen LogP contribution in [0.4, 0.5) is 5.69 Å². The van der Waals surface area contributed by atoms with E-state index in [9.17, 15) is 8.42 Å². The zero-order valence-electron chi connectivity index (χ0n) is 16.0. The first-order valence-electron chi connectivity index (χ1n) is 9.04. The monoisotopic (exact) mass is 415 g/mol. The molecule has 0 aliphatic heterocycles. The number of para-hydroxylation sites is 2. The van der Waals surface area contributed by atoms with Crippen molar-refractivity contribution in [1.29, 1.82) is 0 Å². The summed E-state index contributed by atoms with van der Waals surface area (Å²) in [6.07, 6.45) is 4.84. The molecule has 0 radical (unpaired) electrons. The van der Waals surface area contributed by atoms with Gasteiger partial charge < -0.3 is 4.74 Å². The molecule has 0 bridgehead atoms. The minimum absolute atomic E-state index is 0.0638. The molecule has 0 aliphatic rings. The Morgan fingerprint density at radius 2 is 1.80 bits per heavy atom. The summed E-state index contributed by atoms with van der Waals surface area (Å²) >= 11 is 0. The second kappa shape index (κ2) is 8.23. The number of methoxy groups -OCH3 is 1. The van der Waals surface area contributed by atoms with Crippen LogP contribution in [0, 0.1) is 11.8 Å². The van der Waals surface area contributed by atoms with Crippen LogP contribution in [-0.2, 0) is 10.0 Å². The molecule has 4 aromatic rings. The van der Waals surface area contributed by atoms with Crippen molar-refractivity contribution in [3.05, 3.63) is 90.4 Å². The number of benzene rings is 2. The van der Waals surface area contributed by atoms with Crippen molar-refractivity contribution in [2.75, 3.05) is 11.8 Å². The van der Waals surface area contributed by atoms with E-state index in [1.54, 1.807) is 60.9 Å². The van der Waals surface area contributed by atoms with Crippen LogP contribution in [0.25, 0.3) is 10.9 Å². The highest BCUT2D eigenvalue weighted by Crippen LogP contribution is 2.29. The van der Waals surface area contributed by atoms with E-state index in [0.717, 1.165) is 5.56 Å². The van der Waals surface area contributed by atoms with Crippen LogP contribution in [0.15, 0.2) is 84.1 Å². The Morgan fingerprint density at radius 3 is 2.60 bits per heavy atom. The van der Waals surface area contributed by atoms with E-state index in [2.05, 4.69) is 26.5 Å². The molecular formula is C23H17N3O3S. The normalized spacial score (nSPS) is 10.8. The van der Waals surface area contributed by atoms with E-state index in [4.69, 9.17) is 4.74 Å². The zero-order valence-corrected chi connectivity index (χ0v) is 16.8. The van der Waals surface area contributed by atoms with E-state index in [1.165, 1.54) is 19.4 Å². The standard InChI is InChI=1S/C23H17N3O3S/c1-29-21-13-15-25-23-19(21)8-4-10-22(23)30(27,28)26-20-9-3-2-7-18(20)12-11-17-6-5-14-24-16-17/h2-10,13-16,26H,1H3. The molecule has 30 heavy (non-hydrogen) atoms. The fourth-order valence-corrected chi connectivity index (χ4v) is 4.23. The van der Waals surface area contributed by atoms with Crippen molar-refractivity contribution in [3.63, 3.8) is 0 Å². The first kappa shape index (κ1) is 19.4. The first-order valence-corrected chi connectivity index (χ1v) is 10.5. The van der Waals surface area contributed by atoms with Gasteiger partial charge in [-0.2, -0.15) is 0 Å². The van der Waals surface area contributed by atoms with E-state index < -0.39 is 10.0 Å². The van der Waals surface area contributed by atoms with E-state index >= 15 is 0 Å². The number of hydrogen-bond donors (Lipinski definition) is 1. The van der Waals surface area contributed by atoms with E-state index in [0.29, 0.717) is 27.9 Å². The number of sulfonamides is 1. The molecule has 4 rings (SSSR count). The van der Waals surface area contributed by atoms with Crippen LogP contribution >= 0.6 is 0 Å². The SMILES string of the molecule is COc1ccnc2c(S(=O)(=O)Nc3ccccc3C#Cc3cccnc3)cccc12. The number of hydrogen-bond acceptors (Lipinski definition) is 5. The molecule has 0 unspecified atom stereocenters. The summed E-state index contributed by atoms with van der Waals surface area (Å²) in [7, 11) is -2.39. The van der Waals surface area contributed by atoms with Crippen LogP contribution in [0.5, 0.6) is 5.75 Å². The topological polar surface area (TPSA) is 81.2 Å². The maximum absolute atomic E-state index is 13.2. The lowest BCUT2D eigenvalue weighted by molar-refractivity contribution is 0.419. The Morgan fingerprint density at radius 1 is 0.933 bits per heavy atom. The first-order chi connectivity index (χ1) is 14.6. The highest BCUT2D eigenvalue weighted by Gasteiger charge is 2.20. The largest absolute Gasteiger partial charge is 0.496 e. The summed E-state index contributed by atoms with van der Waals surface area (Å²) in [4.78, 5) is 8.36. The molecule has 2 heterocycles. The van der Waals surface area contributed by atoms with Crippen molar-refractivity contribution in [3.8, 4) is 17.6 Å². The summed E-state index contributed by atoms with van der Waals surface area (Å²) < 4.78 is 34.4. The molecule has 0 amide bonds. The number of pyridine rings is 2. The molecule has 6 nitrogen and oxygen atoms in total. The zero-order chi connectivity index (χ0) is 21.0. The second-order valence-corrected chi connectivity index (χ2v) is 7.96. The van der Waals surface area contributed by atoms with Crippen molar-refractivity contribution in [1.82, 2.24) is 9.97 Å². The van der Waals surface area contributed by atoms with Gasteiger partial charge in [0.05, 0.1) is 18.3 Å². The van der Waals surface area contributed by atoms with Crippen LogP contribution in [0.1, 0.15) is 11.1 Å². The average molecular weight is 415 g/mol. The Bertz CT molecular complexity index is 1380. The molecule has 0 saturated heterocycles. The van der Waals surface area contributed by atoms with Crippen molar-refractivity contribution in [2.45, 2.75) is 4.90 Å². The Balaban J connectivity index is 1.74. The molecule has 0 fully saturated rings. The van der Waals surface area contributed by atoms with Gasteiger partial charge in [0.1, 0.15) is 10.6 Å². The maximum Gasteiger partial charge on any atom is 0.264 e. The highest BCUT2D eigenvalue weighted by atomic mass is 32.2.